The summed E-state index contributed by atoms with van der Waals surface area (Å²) in [5, 5.41) is 0. The lowest BCUT2D eigenvalue weighted by Crippen LogP contribution is -2.48. The molecule has 0 aliphatic heterocycles. The smallest absolute Gasteiger partial charge is 0.377 e. The third kappa shape index (κ3) is 11.3. The van der Waals surface area contributed by atoms with E-state index in [-0.39, 0.29) is 0 Å². The fourth-order valence-electron chi connectivity index (χ4n) is 2.32. The molecule has 0 aromatic carbocycles. The Kier molecular flexibility index (Phi) is 15.0. The van der Waals surface area contributed by atoms with E-state index in [0.29, 0.717) is 6.23 Å². The van der Waals surface area contributed by atoms with E-state index < -0.39 is 8.80 Å². The second-order valence-corrected chi connectivity index (χ2v) is 8.41. The molecule has 0 unspecified atom stereocenters. The van der Waals surface area contributed by atoms with Gasteiger partial charge in [0.1, 0.15) is 6.23 Å². The summed E-state index contributed by atoms with van der Waals surface area (Å²) in [6, 6.07) is 0. The van der Waals surface area contributed by atoms with Crippen LogP contribution in [0.5, 0.6) is 0 Å². The molecule has 0 saturated heterocycles. The number of hydrogen-bond donors (Lipinski definition) is 0. The fraction of sp³-hybridized carbons (Fsp3) is 1.00. The Bertz CT molecular complexity index is 202. The molecule has 21 heavy (non-hydrogen) atoms. The average Bonchev–Trinajstić information content (AvgIpc) is 2.53. The van der Waals surface area contributed by atoms with E-state index >= 15 is 0 Å². The summed E-state index contributed by atoms with van der Waals surface area (Å²) in [4.78, 5) is 0. The van der Waals surface area contributed by atoms with E-state index in [1.54, 1.807) is 21.3 Å². The first kappa shape index (κ1) is 21.1. The Balaban J connectivity index is 3.29. The molecule has 0 rings (SSSR count). The molecule has 0 saturated carbocycles. The molecule has 5 heteroatoms. The van der Waals surface area contributed by atoms with E-state index in [2.05, 4.69) is 6.92 Å². The maximum Gasteiger partial charge on any atom is 0.527 e. The van der Waals surface area contributed by atoms with Crippen LogP contribution in [0.4, 0.5) is 0 Å². The molecule has 4 nitrogen and oxygen atoms in total. The van der Waals surface area contributed by atoms with Crippen LogP contribution in [0, 0.1) is 0 Å². The van der Waals surface area contributed by atoms with Gasteiger partial charge >= 0.3 is 8.80 Å². The first-order valence-corrected chi connectivity index (χ1v) is 10.4. The predicted octanol–water partition coefficient (Wildman–Crippen LogP) is 4.34. The highest BCUT2D eigenvalue weighted by molar-refractivity contribution is 6.60. The topological polar surface area (TPSA) is 36.9 Å². The molecule has 0 aliphatic carbocycles. The zero-order valence-electron chi connectivity index (χ0n) is 14.6. The van der Waals surface area contributed by atoms with Gasteiger partial charge in [0.05, 0.1) is 0 Å². The number of unbranched alkanes of at least 4 members (excludes halogenated alkanes) is 9. The van der Waals surface area contributed by atoms with Crippen molar-refractivity contribution in [3.8, 4) is 0 Å². The highest BCUT2D eigenvalue weighted by Gasteiger charge is 2.38. The lowest BCUT2D eigenvalue weighted by atomic mass is 10.1. The minimum Gasteiger partial charge on any atom is -0.377 e. The second-order valence-electron chi connectivity index (χ2n) is 5.53. The molecule has 0 heterocycles. The molecule has 0 aromatic rings. The molecule has 0 fully saturated rings. The molecule has 0 aliphatic rings. The van der Waals surface area contributed by atoms with E-state index in [9.17, 15) is 0 Å². The molecule has 0 amide bonds. The fourth-order valence-corrected chi connectivity index (χ4v) is 3.56. The van der Waals surface area contributed by atoms with Crippen LogP contribution >= 0.6 is 0 Å². The van der Waals surface area contributed by atoms with Crippen molar-refractivity contribution < 1.29 is 18.0 Å². The minimum atomic E-state index is -2.54. The summed E-state index contributed by atoms with van der Waals surface area (Å²) in [6.07, 6.45) is 13.8. The largest absolute Gasteiger partial charge is 0.527 e. The van der Waals surface area contributed by atoms with Gasteiger partial charge in [0.25, 0.3) is 0 Å². The Morgan fingerprint density at radius 2 is 1.05 bits per heavy atom. The van der Waals surface area contributed by atoms with Crippen molar-refractivity contribution in [1.29, 1.82) is 0 Å². The number of ether oxygens (including phenoxy) is 1. The molecule has 0 N–H and O–H groups in total. The van der Waals surface area contributed by atoms with Crippen molar-refractivity contribution in [2.45, 2.75) is 71.1 Å². The van der Waals surface area contributed by atoms with Crippen LogP contribution in [0.2, 0.25) is 0 Å². The number of rotatable bonds is 16. The average molecular weight is 321 g/mol. The molecule has 0 atom stereocenters. The lowest BCUT2D eigenvalue weighted by molar-refractivity contribution is 0.0622. The van der Waals surface area contributed by atoms with Gasteiger partial charge in [-0.3, -0.25) is 0 Å². The van der Waals surface area contributed by atoms with Gasteiger partial charge < -0.3 is 18.0 Å². The second kappa shape index (κ2) is 15.0. The summed E-state index contributed by atoms with van der Waals surface area (Å²) < 4.78 is 21.5. The van der Waals surface area contributed by atoms with Crippen LogP contribution in [0.1, 0.15) is 71.1 Å². The van der Waals surface area contributed by atoms with Gasteiger partial charge in [-0.1, -0.05) is 64.7 Å². The summed E-state index contributed by atoms with van der Waals surface area (Å²) in [5.74, 6) is 0. The summed E-state index contributed by atoms with van der Waals surface area (Å²) in [6.45, 7) is 3.03. The number of hydrogen-bond acceptors (Lipinski definition) is 4. The van der Waals surface area contributed by atoms with Crippen molar-refractivity contribution in [1.82, 2.24) is 0 Å². The standard InChI is InChI=1S/C16H36O4Si/c1-5-6-7-8-9-10-11-12-13-14-15-20-16-21(17-2,18-3)19-4/h5-16H2,1-4H3. The lowest BCUT2D eigenvalue weighted by Gasteiger charge is -2.23. The van der Waals surface area contributed by atoms with E-state index in [1.165, 1.54) is 57.8 Å². The van der Waals surface area contributed by atoms with Crippen molar-refractivity contribution >= 4 is 8.80 Å². The Morgan fingerprint density at radius 3 is 1.48 bits per heavy atom. The first-order valence-electron chi connectivity index (χ1n) is 8.48. The van der Waals surface area contributed by atoms with Gasteiger partial charge in [-0.05, 0) is 6.42 Å². The van der Waals surface area contributed by atoms with Crippen molar-refractivity contribution in [3.05, 3.63) is 0 Å². The van der Waals surface area contributed by atoms with Crippen LogP contribution in [-0.4, -0.2) is 43.0 Å². The Labute approximate surface area is 132 Å². The molecular formula is C16H36O4Si. The SMILES string of the molecule is CCCCCCCCCCCCOC[Si](OC)(OC)OC. The quantitative estimate of drug-likeness (QED) is 0.313. The van der Waals surface area contributed by atoms with Crippen LogP contribution in [0.3, 0.4) is 0 Å². The van der Waals surface area contributed by atoms with Gasteiger partial charge in [-0.25, -0.2) is 0 Å². The van der Waals surface area contributed by atoms with E-state index in [0.717, 1.165) is 13.0 Å². The van der Waals surface area contributed by atoms with Crippen LogP contribution in [-0.2, 0) is 18.0 Å². The molecule has 128 valence electrons. The molecule has 0 bridgehead atoms. The van der Waals surface area contributed by atoms with Crippen molar-refractivity contribution in [3.63, 3.8) is 0 Å². The molecule has 0 radical (unpaired) electrons. The van der Waals surface area contributed by atoms with Gasteiger partial charge in [0, 0.05) is 27.9 Å². The normalized spacial score (nSPS) is 12.0. The zero-order chi connectivity index (χ0) is 15.8. The third-order valence-electron chi connectivity index (χ3n) is 3.85. The molecular weight excluding hydrogens is 284 g/mol. The highest BCUT2D eigenvalue weighted by Crippen LogP contribution is 2.11. The zero-order valence-corrected chi connectivity index (χ0v) is 15.6. The maximum atomic E-state index is 5.63. The van der Waals surface area contributed by atoms with Crippen LogP contribution < -0.4 is 0 Å². The van der Waals surface area contributed by atoms with Gasteiger partial charge in [0.2, 0.25) is 0 Å². The highest BCUT2D eigenvalue weighted by atomic mass is 28.4. The monoisotopic (exact) mass is 320 g/mol. The third-order valence-corrected chi connectivity index (χ3v) is 6.28. The van der Waals surface area contributed by atoms with Crippen molar-refractivity contribution in [2.75, 3.05) is 34.2 Å². The van der Waals surface area contributed by atoms with Crippen LogP contribution in [0.15, 0.2) is 0 Å². The maximum absolute atomic E-state index is 5.63. The summed E-state index contributed by atoms with van der Waals surface area (Å²) in [5.41, 5.74) is 0. The van der Waals surface area contributed by atoms with Gasteiger partial charge in [0.15, 0.2) is 0 Å². The molecule has 0 aromatic heterocycles. The minimum absolute atomic E-state index is 0.438. The van der Waals surface area contributed by atoms with Crippen LogP contribution in [0.25, 0.3) is 0 Å². The van der Waals surface area contributed by atoms with Gasteiger partial charge in [-0.2, -0.15) is 0 Å². The van der Waals surface area contributed by atoms with E-state index in [4.69, 9.17) is 18.0 Å². The molecule has 0 spiro atoms. The summed E-state index contributed by atoms with van der Waals surface area (Å²) in [7, 11) is 2.31. The first-order chi connectivity index (χ1) is 10.2. The van der Waals surface area contributed by atoms with E-state index in [1.807, 2.05) is 0 Å². The van der Waals surface area contributed by atoms with Crippen molar-refractivity contribution in [2.24, 2.45) is 0 Å². The van der Waals surface area contributed by atoms with Gasteiger partial charge in [-0.15, -0.1) is 0 Å². The Morgan fingerprint density at radius 1 is 0.619 bits per heavy atom. The predicted molar refractivity (Wildman–Crippen MR) is 89.4 cm³/mol. The summed E-state index contributed by atoms with van der Waals surface area (Å²) >= 11 is 0. The Hall–Kier alpha value is 0.0569.